The maximum atomic E-state index is 11.0. The van der Waals surface area contributed by atoms with Crippen molar-refractivity contribution in [1.82, 2.24) is 0 Å². The van der Waals surface area contributed by atoms with Crippen LogP contribution in [-0.2, 0) is 4.79 Å². The number of hydrogen-bond donors (Lipinski definition) is 1. The van der Waals surface area contributed by atoms with Gasteiger partial charge < -0.3 is 9.52 Å². The first-order valence-corrected chi connectivity index (χ1v) is 4.73. The number of hydrogen-bond acceptors (Lipinski definition) is 2. The third-order valence-electron chi connectivity index (χ3n) is 3.33. The van der Waals surface area contributed by atoms with Crippen LogP contribution in [0.2, 0.25) is 0 Å². The first-order chi connectivity index (χ1) is 6.46. The van der Waals surface area contributed by atoms with Crippen molar-refractivity contribution in [2.24, 2.45) is 11.3 Å². The van der Waals surface area contributed by atoms with Crippen molar-refractivity contribution < 1.29 is 14.3 Å². The Morgan fingerprint density at radius 1 is 1.57 bits per heavy atom. The second-order valence-electron chi connectivity index (χ2n) is 4.55. The van der Waals surface area contributed by atoms with Crippen molar-refractivity contribution in [3.63, 3.8) is 0 Å². The summed E-state index contributed by atoms with van der Waals surface area (Å²) in [6, 6.07) is 1.88. The zero-order valence-corrected chi connectivity index (χ0v) is 8.57. The molecule has 1 fully saturated rings. The van der Waals surface area contributed by atoms with Crippen molar-refractivity contribution in [2.75, 3.05) is 0 Å². The molecule has 1 aliphatic carbocycles. The molecule has 76 valence electrons. The van der Waals surface area contributed by atoms with Crippen LogP contribution in [0.25, 0.3) is 0 Å². The van der Waals surface area contributed by atoms with E-state index in [1.165, 1.54) is 0 Å². The first kappa shape index (κ1) is 9.31. The predicted octanol–water partition coefficient (Wildman–Crippen LogP) is 2.41. The van der Waals surface area contributed by atoms with Crippen LogP contribution in [0.5, 0.6) is 0 Å². The molecule has 3 heteroatoms. The van der Waals surface area contributed by atoms with Gasteiger partial charge in [-0.2, -0.15) is 0 Å². The van der Waals surface area contributed by atoms with Crippen LogP contribution in [0.4, 0.5) is 0 Å². The molecule has 1 heterocycles. The fourth-order valence-electron chi connectivity index (χ4n) is 2.40. The van der Waals surface area contributed by atoms with Gasteiger partial charge in [0.25, 0.3) is 0 Å². The lowest BCUT2D eigenvalue weighted by molar-refractivity contribution is -0.139. The van der Waals surface area contributed by atoms with Gasteiger partial charge >= 0.3 is 5.97 Å². The molecule has 0 aromatic carbocycles. The van der Waals surface area contributed by atoms with Gasteiger partial charge in [0.15, 0.2) is 0 Å². The number of furan rings is 1. The maximum absolute atomic E-state index is 11.0. The number of rotatable bonds is 2. The highest BCUT2D eigenvalue weighted by atomic mass is 16.4. The molecule has 0 saturated heterocycles. The van der Waals surface area contributed by atoms with Crippen molar-refractivity contribution >= 4 is 5.97 Å². The minimum absolute atomic E-state index is 0.110. The highest BCUT2D eigenvalue weighted by Gasteiger charge is 2.63. The second kappa shape index (κ2) is 2.62. The Hall–Kier alpha value is -1.25. The number of aliphatic carboxylic acids is 1. The summed E-state index contributed by atoms with van der Waals surface area (Å²) < 4.78 is 5.19. The van der Waals surface area contributed by atoms with Gasteiger partial charge in [-0.3, -0.25) is 4.79 Å². The Labute approximate surface area is 82.7 Å². The highest BCUT2D eigenvalue weighted by molar-refractivity contribution is 5.77. The zero-order valence-electron chi connectivity index (χ0n) is 8.57. The third-order valence-corrected chi connectivity index (χ3v) is 3.33. The van der Waals surface area contributed by atoms with E-state index in [9.17, 15) is 4.79 Å². The number of carboxylic acids is 1. The maximum Gasteiger partial charge on any atom is 0.307 e. The molecule has 0 radical (unpaired) electrons. The monoisotopic (exact) mass is 194 g/mol. The van der Waals surface area contributed by atoms with E-state index in [0.717, 1.165) is 11.3 Å². The van der Waals surface area contributed by atoms with Crippen molar-refractivity contribution in [2.45, 2.75) is 26.7 Å². The lowest BCUT2D eigenvalue weighted by Gasteiger charge is -1.99. The van der Waals surface area contributed by atoms with Crippen molar-refractivity contribution in [1.29, 1.82) is 0 Å². The third kappa shape index (κ3) is 1.08. The van der Waals surface area contributed by atoms with Crippen LogP contribution in [0, 0.1) is 18.3 Å². The van der Waals surface area contributed by atoms with E-state index in [2.05, 4.69) is 0 Å². The van der Waals surface area contributed by atoms with Gasteiger partial charge in [-0.25, -0.2) is 0 Å². The number of carboxylic acid groups (broad SMARTS) is 1. The largest absolute Gasteiger partial charge is 0.481 e. The Bertz CT molecular complexity index is 376. The van der Waals surface area contributed by atoms with Crippen molar-refractivity contribution in [3.8, 4) is 0 Å². The van der Waals surface area contributed by atoms with E-state index in [1.54, 1.807) is 6.26 Å². The standard InChI is InChI=1S/C11H14O3/c1-6-7(4-5-14-6)8-9(10(12)13)11(8,2)3/h4-5,8-9H,1-3H3,(H,12,13). The highest BCUT2D eigenvalue weighted by Crippen LogP contribution is 2.64. The van der Waals surface area contributed by atoms with Gasteiger partial charge in [-0.1, -0.05) is 13.8 Å². The van der Waals surface area contributed by atoms with Gasteiger partial charge in [0.2, 0.25) is 0 Å². The second-order valence-corrected chi connectivity index (χ2v) is 4.55. The van der Waals surface area contributed by atoms with Gasteiger partial charge in [0, 0.05) is 5.92 Å². The van der Waals surface area contributed by atoms with Crippen molar-refractivity contribution in [3.05, 3.63) is 23.7 Å². The van der Waals surface area contributed by atoms with Crippen LogP contribution in [0.15, 0.2) is 16.7 Å². The van der Waals surface area contributed by atoms with Crippen LogP contribution in [-0.4, -0.2) is 11.1 Å². The SMILES string of the molecule is Cc1occc1C1C(C(=O)O)C1(C)C. The topological polar surface area (TPSA) is 50.4 Å². The van der Waals surface area contributed by atoms with Gasteiger partial charge in [-0.05, 0) is 24.0 Å². The van der Waals surface area contributed by atoms with E-state index in [1.807, 2.05) is 26.8 Å². The summed E-state index contributed by atoms with van der Waals surface area (Å²) in [6.07, 6.45) is 1.62. The quantitative estimate of drug-likeness (QED) is 0.786. The molecule has 3 nitrogen and oxygen atoms in total. The summed E-state index contributed by atoms with van der Waals surface area (Å²) in [5.74, 6) is -0.0232. The lowest BCUT2D eigenvalue weighted by Crippen LogP contribution is -2.03. The van der Waals surface area contributed by atoms with Crippen LogP contribution in [0.3, 0.4) is 0 Å². The zero-order chi connectivity index (χ0) is 10.5. The number of aryl methyl sites for hydroxylation is 1. The molecule has 0 aliphatic heterocycles. The van der Waals surface area contributed by atoms with Crippen LogP contribution < -0.4 is 0 Å². The molecule has 1 aromatic heterocycles. The Balaban J connectivity index is 2.32. The summed E-state index contributed by atoms with van der Waals surface area (Å²) >= 11 is 0. The van der Waals surface area contributed by atoms with Gasteiger partial charge in [0.1, 0.15) is 5.76 Å². The summed E-state index contributed by atoms with van der Waals surface area (Å²) in [6.45, 7) is 5.86. The molecule has 0 bridgehead atoms. The average Bonchev–Trinajstić information content (AvgIpc) is 2.42. The average molecular weight is 194 g/mol. The summed E-state index contributed by atoms with van der Waals surface area (Å²) in [4.78, 5) is 11.0. The van der Waals surface area contributed by atoms with E-state index in [4.69, 9.17) is 9.52 Å². The number of carbonyl (C=O) groups is 1. The Kier molecular flexibility index (Phi) is 1.74. The molecule has 1 aromatic rings. The van der Waals surface area contributed by atoms with Gasteiger partial charge in [-0.15, -0.1) is 0 Å². The molecule has 2 unspecified atom stereocenters. The van der Waals surface area contributed by atoms with E-state index in [-0.39, 0.29) is 17.3 Å². The summed E-state index contributed by atoms with van der Waals surface area (Å²) in [5.41, 5.74) is 0.905. The molecule has 2 rings (SSSR count). The molecule has 1 aliphatic rings. The minimum Gasteiger partial charge on any atom is -0.481 e. The van der Waals surface area contributed by atoms with E-state index in [0.29, 0.717) is 0 Å². The fraction of sp³-hybridized carbons (Fsp3) is 0.545. The van der Waals surface area contributed by atoms with Gasteiger partial charge in [0.05, 0.1) is 12.2 Å². The Morgan fingerprint density at radius 2 is 2.21 bits per heavy atom. The van der Waals surface area contributed by atoms with Crippen LogP contribution in [0.1, 0.15) is 31.1 Å². The normalized spacial score (nSPS) is 28.8. The molecule has 0 amide bonds. The summed E-state index contributed by atoms with van der Waals surface area (Å²) in [7, 11) is 0. The molecular formula is C11H14O3. The van der Waals surface area contributed by atoms with E-state index < -0.39 is 5.97 Å². The Morgan fingerprint density at radius 3 is 2.57 bits per heavy atom. The molecule has 0 spiro atoms. The minimum atomic E-state index is -0.708. The molecule has 14 heavy (non-hydrogen) atoms. The summed E-state index contributed by atoms with van der Waals surface area (Å²) in [5, 5.41) is 9.02. The first-order valence-electron chi connectivity index (χ1n) is 4.73. The molecule has 1 saturated carbocycles. The predicted molar refractivity (Wildman–Crippen MR) is 51.1 cm³/mol. The van der Waals surface area contributed by atoms with Crippen LogP contribution >= 0.6 is 0 Å². The molecule has 2 atom stereocenters. The smallest absolute Gasteiger partial charge is 0.307 e. The lowest BCUT2D eigenvalue weighted by atomic mass is 10.0. The molecule has 1 N–H and O–H groups in total. The van der Waals surface area contributed by atoms with E-state index >= 15 is 0 Å². The fourth-order valence-corrected chi connectivity index (χ4v) is 2.40. The molecular weight excluding hydrogens is 180 g/mol.